The predicted octanol–water partition coefficient (Wildman–Crippen LogP) is 6.33. The Bertz CT molecular complexity index is 1310. The fourth-order valence-corrected chi connectivity index (χ4v) is 5.53. The number of ether oxygens (including phenoxy) is 1. The third-order valence-electron chi connectivity index (χ3n) is 5.25. The number of carboxylic acids is 1. The van der Waals surface area contributed by atoms with Gasteiger partial charge in [-0.2, -0.15) is 13.2 Å². The standard InChI is InChI=1S/C24H22Cl2F3NO5S/c1-15(25)11-18(26)7-5-16-6-9-22-21(12-16)30(14-19(35-22)8-10-23(31)32)36(33,34)20-4-2-3-17(13-20)24(27,28)29/h2-4,6-7,9,11-13,19H,5,8,10,14H2,1H3,(H,31,32)/b15-11+,18-7+/t19-/m0/s1. The van der Waals surface area contributed by atoms with Crippen LogP contribution in [0.3, 0.4) is 0 Å². The van der Waals surface area contributed by atoms with Gasteiger partial charge in [-0.25, -0.2) is 8.42 Å². The Morgan fingerprint density at radius 3 is 2.58 bits per heavy atom. The summed E-state index contributed by atoms with van der Waals surface area (Å²) >= 11 is 11.9. The number of halogens is 5. The molecule has 6 nitrogen and oxygen atoms in total. The number of carbonyl (C=O) groups is 1. The Morgan fingerprint density at radius 2 is 1.94 bits per heavy atom. The van der Waals surface area contributed by atoms with E-state index in [4.69, 9.17) is 33.0 Å². The Labute approximate surface area is 216 Å². The molecule has 1 heterocycles. The van der Waals surface area contributed by atoms with Crippen LogP contribution < -0.4 is 9.04 Å². The number of sulfonamides is 1. The molecule has 1 atom stereocenters. The van der Waals surface area contributed by atoms with Crippen LogP contribution in [0, 0.1) is 0 Å². The van der Waals surface area contributed by atoms with Crippen molar-refractivity contribution < 1.29 is 36.2 Å². The van der Waals surface area contributed by atoms with Crippen molar-refractivity contribution in [2.45, 2.75) is 43.4 Å². The molecule has 3 rings (SSSR count). The lowest BCUT2D eigenvalue weighted by Gasteiger charge is -2.35. The lowest BCUT2D eigenvalue weighted by molar-refractivity contribution is -0.138. The molecule has 194 valence electrons. The summed E-state index contributed by atoms with van der Waals surface area (Å²) in [6.45, 7) is 1.39. The van der Waals surface area contributed by atoms with E-state index in [9.17, 15) is 26.4 Å². The molecule has 0 aliphatic carbocycles. The molecular formula is C24H22Cl2F3NO5S. The fraction of sp³-hybridized carbons (Fsp3) is 0.292. The zero-order valence-electron chi connectivity index (χ0n) is 18.9. The van der Waals surface area contributed by atoms with Crippen LogP contribution in [0.4, 0.5) is 18.9 Å². The van der Waals surface area contributed by atoms with Crippen molar-refractivity contribution in [3.63, 3.8) is 0 Å². The molecule has 0 saturated carbocycles. The number of allylic oxidation sites excluding steroid dienone is 4. The van der Waals surface area contributed by atoms with Crippen LogP contribution in [0.25, 0.3) is 0 Å². The predicted molar refractivity (Wildman–Crippen MR) is 131 cm³/mol. The van der Waals surface area contributed by atoms with Crippen LogP contribution in [-0.4, -0.2) is 32.1 Å². The largest absolute Gasteiger partial charge is 0.486 e. The molecule has 0 aromatic heterocycles. The van der Waals surface area contributed by atoms with Gasteiger partial charge in [0.2, 0.25) is 0 Å². The monoisotopic (exact) mass is 563 g/mol. The molecule has 0 unspecified atom stereocenters. The van der Waals surface area contributed by atoms with Crippen LogP contribution >= 0.6 is 23.2 Å². The Balaban J connectivity index is 2.04. The summed E-state index contributed by atoms with van der Waals surface area (Å²) in [6.07, 6.45) is -2.28. The van der Waals surface area contributed by atoms with Crippen molar-refractivity contribution in [1.82, 2.24) is 0 Å². The number of rotatable bonds is 8. The molecule has 0 radical (unpaired) electrons. The number of benzene rings is 2. The molecule has 0 bridgehead atoms. The van der Waals surface area contributed by atoms with Crippen molar-refractivity contribution in [2.75, 3.05) is 10.8 Å². The number of carboxylic acid groups (broad SMARTS) is 1. The lowest BCUT2D eigenvalue weighted by atomic mass is 10.1. The average Bonchev–Trinajstić information content (AvgIpc) is 2.80. The summed E-state index contributed by atoms with van der Waals surface area (Å²) in [5.41, 5.74) is -0.315. The van der Waals surface area contributed by atoms with Crippen LogP contribution in [-0.2, 0) is 27.4 Å². The fourth-order valence-electron chi connectivity index (χ4n) is 3.57. The first kappa shape index (κ1) is 27.9. The first-order chi connectivity index (χ1) is 16.8. The third kappa shape index (κ3) is 6.96. The van der Waals surface area contributed by atoms with Gasteiger partial charge < -0.3 is 9.84 Å². The Kier molecular flexibility index (Phi) is 8.63. The zero-order chi connectivity index (χ0) is 26.7. The minimum absolute atomic E-state index is 0.00753. The highest BCUT2D eigenvalue weighted by Crippen LogP contribution is 2.39. The van der Waals surface area contributed by atoms with Crippen LogP contribution in [0.5, 0.6) is 5.75 Å². The summed E-state index contributed by atoms with van der Waals surface area (Å²) in [5, 5.41) is 9.87. The number of fused-ring (bicyclic) bond motifs is 1. The molecule has 0 spiro atoms. The molecule has 0 fully saturated rings. The second-order valence-electron chi connectivity index (χ2n) is 8.06. The van der Waals surface area contributed by atoms with Crippen molar-refractivity contribution in [3.8, 4) is 5.75 Å². The van der Waals surface area contributed by atoms with Gasteiger partial charge in [-0.05, 0) is 61.7 Å². The number of alkyl halides is 3. The molecule has 0 amide bonds. The van der Waals surface area contributed by atoms with E-state index >= 15 is 0 Å². The number of nitrogens with zero attached hydrogens (tertiary/aromatic N) is 1. The van der Waals surface area contributed by atoms with Gasteiger partial charge >= 0.3 is 12.1 Å². The number of aliphatic carboxylic acids is 1. The molecule has 36 heavy (non-hydrogen) atoms. The third-order valence-corrected chi connectivity index (χ3v) is 7.40. The molecule has 1 N–H and O–H groups in total. The van der Waals surface area contributed by atoms with Crippen molar-refractivity contribution in [2.24, 2.45) is 0 Å². The molecule has 1 aliphatic heterocycles. The maximum absolute atomic E-state index is 13.5. The van der Waals surface area contributed by atoms with Crippen molar-refractivity contribution in [3.05, 3.63) is 75.8 Å². The van der Waals surface area contributed by atoms with Crippen LogP contribution in [0.2, 0.25) is 0 Å². The van der Waals surface area contributed by atoms with Gasteiger partial charge in [0.1, 0.15) is 11.9 Å². The second-order valence-corrected chi connectivity index (χ2v) is 11.0. The van der Waals surface area contributed by atoms with Crippen molar-refractivity contribution in [1.29, 1.82) is 0 Å². The highest BCUT2D eigenvalue weighted by atomic mass is 35.5. The SMILES string of the molecule is C/C(Cl)=C\C(Cl)=C/Cc1ccc2c(c1)N(S(=O)(=O)c1cccc(C(F)(F)F)c1)C[C@H](CCC(=O)O)O2. The molecule has 0 saturated heterocycles. The number of hydrogen-bond acceptors (Lipinski definition) is 4. The van der Waals surface area contributed by atoms with Gasteiger partial charge in [-0.3, -0.25) is 9.10 Å². The van der Waals surface area contributed by atoms with Crippen LogP contribution in [0.15, 0.2) is 69.6 Å². The highest BCUT2D eigenvalue weighted by Gasteiger charge is 2.37. The topological polar surface area (TPSA) is 83.9 Å². The van der Waals surface area contributed by atoms with E-state index in [1.807, 2.05) is 0 Å². The summed E-state index contributed by atoms with van der Waals surface area (Å²) < 4.78 is 73.6. The Morgan fingerprint density at radius 1 is 1.22 bits per heavy atom. The van der Waals surface area contributed by atoms with Gasteiger partial charge in [0, 0.05) is 16.5 Å². The maximum atomic E-state index is 13.5. The van der Waals surface area contributed by atoms with Gasteiger partial charge in [-0.1, -0.05) is 41.4 Å². The lowest BCUT2D eigenvalue weighted by Crippen LogP contribution is -2.43. The van der Waals surface area contributed by atoms with E-state index in [0.29, 0.717) is 28.1 Å². The Hall–Kier alpha value is -2.69. The molecule has 1 aliphatic rings. The molecule has 2 aromatic carbocycles. The van der Waals surface area contributed by atoms with Crippen LogP contribution in [0.1, 0.15) is 30.9 Å². The minimum atomic E-state index is -4.73. The molecule has 2 aromatic rings. The first-order valence-corrected chi connectivity index (χ1v) is 12.9. The summed E-state index contributed by atoms with van der Waals surface area (Å²) in [4.78, 5) is 10.5. The summed E-state index contributed by atoms with van der Waals surface area (Å²) in [6, 6.07) is 8.23. The van der Waals surface area contributed by atoms with E-state index in [1.54, 1.807) is 31.2 Å². The highest BCUT2D eigenvalue weighted by molar-refractivity contribution is 7.92. The van der Waals surface area contributed by atoms with E-state index in [0.717, 1.165) is 22.5 Å². The minimum Gasteiger partial charge on any atom is -0.486 e. The number of hydrogen-bond donors (Lipinski definition) is 1. The van der Waals surface area contributed by atoms with E-state index in [-0.39, 0.29) is 30.8 Å². The van der Waals surface area contributed by atoms with Gasteiger partial charge in [0.25, 0.3) is 10.0 Å². The quantitative estimate of drug-likeness (QED) is 0.379. The van der Waals surface area contributed by atoms with Gasteiger partial charge in [0.15, 0.2) is 0 Å². The zero-order valence-corrected chi connectivity index (χ0v) is 21.3. The normalized spacial score (nSPS) is 16.9. The van der Waals surface area contributed by atoms with E-state index in [1.165, 1.54) is 6.07 Å². The average molecular weight is 564 g/mol. The maximum Gasteiger partial charge on any atom is 0.416 e. The van der Waals surface area contributed by atoms with Gasteiger partial charge in [0.05, 0.1) is 22.7 Å². The first-order valence-electron chi connectivity index (χ1n) is 10.7. The molecular weight excluding hydrogens is 542 g/mol. The smallest absolute Gasteiger partial charge is 0.416 e. The van der Waals surface area contributed by atoms with Gasteiger partial charge in [-0.15, -0.1) is 0 Å². The summed E-state index contributed by atoms with van der Waals surface area (Å²) in [5.74, 6) is -0.917. The van der Waals surface area contributed by atoms with E-state index < -0.39 is 38.7 Å². The van der Waals surface area contributed by atoms with Crippen molar-refractivity contribution >= 4 is 44.9 Å². The second kappa shape index (κ2) is 11.1. The molecule has 12 heteroatoms. The number of anilines is 1. The summed E-state index contributed by atoms with van der Waals surface area (Å²) in [7, 11) is -4.46. The van der Waals surface area contributed by atoms with E-state index in [2.05, 4.69) is 0 Å².